The van der Waals surface area contributed by atoms with E-state index in [-0.39, 0.29) is 17.2 Å². The summed E-state index contributed by atoms with van der Waals surface area (Å²) in [7, 11) is 0. The van der Waals surface area contributed by atoms with Gasteiger partial charge in [0.25, 0.3) is 0 Å². The Balaban J connectivity index is 1.32. The van der Waals surface area contributed by atoms with Gasteiger partial charge in [0.05, 0.1) is 18.5 Å². The van der Waals surface area contributed by atoms with Gasteiger partial charge in [0.15, 0.2) is 0 Å². The molecule has 1 unspecified atom stereocenters. The van der Waals surface area contributed by atoms with Crippen molar-refractivity contribution in [3.8, 4) is 0 Å². The first-order valence-corrected chi connectivity index (χ1v) is 14.1. The van der Waals surface area contributed by atoms with E-state index in [0.29, 0.717) is 23.8 Å². The Hall–Kier alpha value is -2.20. The number of likely N-dealkylation sites (tertiary alicyclic amines) is 1. The van der Waals surface area contributed by atoms with Crippen LogP contribution in [0.2, 0.25) is 0 Å². The average Bonchev–Trinajstić information content (AvgIpc) is 3.32. The largest absolute Gasteiger partial charge is 0.345 e. The van der Waals surface area contributed by atoms with Gasteiger partial charge in [-0.1, -0.05) is 61.7 Å². The molecule has 2 aromatic rings. The number of piperidine rings is 1. The number of carbonyl (C=O) groups excluding carboxylic acids is 1. The van der Waals surface area contributed by atoms with Gasteiger partial charge in [0.1, 0.15) is 11.7 Å². The van der Waals surface area contributed by atoms with Gasteiger partial charge >= 0.3 is 0 Å². The molecule has 4 heteroatoms. The van der Waals surface area contributed by atoms with Crippen LogP contribution < -0.4 is 5.32 Å². The highest BCUT2D eigenvalue weighted by Crippen LogP contribution is 2.47. The van der Waals surface area contributed by atoms with Crippen LogP contribution in [0.4, 0.5) is 4.39 Å². The minimum atomic E-state index is -0.344. The predicted octanol–water partition coefficient (Wildman–Crippen LogP) is 4.95. The van der Waals surface area contributed by atoms with Crippen LogP contribution in [-0.4, -0.2) is 36.5 Å². The van der Waals surface area contributed by atoms with Gasteiger partial charge in [-0.3, -0.25) is 4.79 Å². The summed E-state index contributed by atoms with van der Waals surface area (Å²) < 4.78 is 15.3. The van der Waals surface area contributed by atoms with Gasteiger partial charge in [0, 0.05) is 18.2 Å². The van der Waals surface area contributed by atoms with Crippen molar-refractivity contribution in [3.63, 3.8) is 0 Å². The van der Waals surface area contributed by atoms with Crippen LogP contribution >= 0.6 is 0 Å². The summed E-state index contributed by atoms with van der Waals surface area (Å²) in [6.45, 7) is 2.48. The Morgan fingerprint density at radius 3 is 2.63 bits per heavy atom. The van der Waals surface area contributed by atoms with Crippen LogP contribution in [0.5, 0.6) is 0 Å². The lowest BCUT2D eigenvalue weighted by Gasteiger charge is -2.47. The molecule has 3 fully saturated rings. The van der Waals surface area contributed by atoms with Crippen molar-refractivity contribution in [2.45, 2.75) is 81.6 Å². The summed E-state index contributed by atoms with van der Waals surface area (Å²) in [4.78, 5) is 16.8. The quantitative estimate of drug-likeness (QED) is 0.670. The third-order valence-corrected chi connectivity index (χ3v) is 9.94. The molecule has 2 heterocycles. The predicted molar refractivity (Wildman–Crippen MR) is 137 cm³/mol. The van der Waals surface area contributed by atoms with E-state index in [1.165, 1.54) is 37.7 Å². The fourth-order valence-electron chi connectivity index (χ4n) is 8.28. The van der Waals surface area contributed by atoms with Crippen LogP contribution in [0, 0.1) is 17.7 Å². The molecule has 4 aliphatic rings. The van der Waals surface area contributed by atoms with Crippen LogP contribution in [0.15, 0.2) is 48.5 Å². The zero-order chi connectivity index (χ0) is 23.8. The van der Waals surface area contributed by atoms with Crippen molar-refractivity contribution < 1.29 is 14.5 Å². The van der Waals surface area contributed by atoms with Crippen molar-refractivity contribution in [1.82, 2.24) is 4.90 Å². The van der Waals surface area contributed by atoms with Gasteiger partial charge < -0.3 is 10.2 Å². The fourth-order valence-corrected chi connectivity index (χ4v) is 8.28. The Morgan fingerprint density at radius 1 is 0.971 bits per heavy atom. The molecule has 0 radical (unpaired) electrons. The summed E-state index contributed by atoms with van der Waals surface area (Å²) in [5.74, 6) is 1.25. The van der Waals surface area contributed by atoms with Crippen LogP contribution in [0.3, 0.4) is 0 Å². The maximum absolute atomic E-state index is 15.3. The third-order valence-electron chi connectivity index (χ3n) is 9.94. The average molecular weight is 476 g/mol. The highest BCUT2D eigenvalue weighted by Gasteiger charge is 2.56. The SMILES string of the molecule is O=C(C1C[NH2+]C[C@]12CCCc1cccc(F)c12)N1CC[C@@H](c2ccccc2)C[C@H]1C1CCCCC1. The molecule has 35 heavy (non-hydrogen) atoms. The van der Waals surface area contributed by atoms with E-state index in [1.54, 1.807) is 6.07 Å². The molecule has 186 valence electrons. The number of nitrogens with two attached hydrogens (primary N) is 1. The van der Waals surface area contributed by atoms with Crippen LogP contribution in [0.25, 0.3) is 0 Å². The van der Waals surface area contributed by atoms with Gasteiger partial charge in [-0.2, -0.15) is 0 Å². The summed E-state index contributed by atoms with van der Waals surface area (Å²) in [5.41, 5.74) is 3.08. The lowest BCUT2D eigenvalue weighted by Crippen LogP contribution is -2.82. The minimum Gasteiger partial charge on any atom is -0.345 e. The number of carbonyl (C=O) groups is 1. The lowest BCUT2D eigenvalue weighted by atomic mass is 9.63. The van der Waals surface area contributed by atoms with Gasteiger partial charge in [-0.25, -0.2) is 4.39 Å². The summed E-state index contributed by atoms with van der Waals surface area (Å²) in [5, 5.41) is 2.29. The van der Waals surface area contributed by atoms with Crippen LogP contribution in [-0.2, 0) is 16.6 Å². The van der Waals surface area contributed by atoms with E-state index in [2.05, 4.69) is 46.6 Å². The molecule has 3 nitrogen and oxygen atoms in total. The molecule has 1 amide bonds. The minimum absolute atomic E-state index is 0.0954. The number of hydrogen-bond acceptors (Lipinski definition) is 1. The monoisotopic (exact) mass is 475 g/mol. The fraction of sp³-hybridized carbons (Fsp3) is 0.581. The van der Waals surface area contributed by atoms with Gasteiger partial charge in [-0.15, -0.1) is 0 Å². The summed E-state index contributed by atoms with van der Waals surface area (Å²) in [6, 6.07) is 16.8. The Labute approximate surface area is 209 Å². The number of aryl methyl sites for hydroxylation is 1. The molecule has 4 atom stereocenters. The highest BCUT2D eigenvalue weighted by molar-refractivity contribution is 5.82. The summed E-state index contributed by atoms with van der Waals surface area (Å²) >= 11 is 0. The van der Waals surface area contributed by atoms with E-state index < -0.39 is 0 Å². The first kappa shape index (κ1) is 23.2. The smallest absolute Gasteiger partial charge is 0.232 e. The Morgan fingerprint density at radius 2 is 1.80 bits per heavy atom. The highest BCUT2D eigenvalue weighted by atomic mass is 19.1. The van der Waals surface area contributed by atoms with E-state index in [4.69, 9.17) is 0 Å². The molecular weight excluding hydrogens is 435 g/mol. The maximum atomic E-state index is 15.3. The second kappa shape index (κ2) is 9.69. The number of halogens is 1. The Kier molecular flexibility index (Phi) is 6.43. The van der Waals surface area contributed by atoms with Crippen molar-refractivity contribution >= 4 is 5.91 Å². The maximum Gasteiger partial charge on any atom is 0.232 e. The number of hydrogen-bond donors (Lipinski definition) is 1. The topological polar surface area (TPSA) is 36.9 Å². The summed E-state index contributed by atoms with van der Waals surface area (Å²) in [6.07, 6.45) is 11.4. The van der Waals surface area contributed by atoms with Crippen molar-refractivity contribution in [2.75, 3.05) is 19.6 Å². The first-order valence-electron chi connectivity index (χ1n) is 14.1. The normalized spacial score (nSPS) is 31.5. The van der Waals surface area contributed by atoms with Crippen molar-refractivity contribution in [3.05, 3.63) is 71.0 Å². The zero-order valence-electron chi connectivity index (χ0n) is 20.9. The van der Waals surface area contributed by atoms with E-state index in [9.17, 15) is 4.79 Å². The Bertz CT molecular complexity index is 1050. The second-order valence-corrected chi connectivity index (χ2v) is 11.7. The van der Waals surface area contributed by atoms with Gasteiger partial charge in [-0.05, 0) is 74.0 Å². The molecule has 0 bridgehead atoms. The number of benzene rings is 2. The molecule has 2 aliphatic heterocycles. The van der Waals surface area contributed by atoms with E-state index in [1.807, 2.05) is 6.07 Å². The third kappa shape index (κ3) is 4.12. The molecule has 2 N–H and O–H groups in total. The molecule has 2 saturated heterocycles. The molecule has 1 spiro atoms. The number of amides is 1. The molecule has 1 saturated carbocycles. The molecule has 2 aromatic carbocycles. The molecule has 0 aromatic heterocycles. The molecular formula is C31H40FN2O+. The van der Waals surface area contributed by atoms with Crippen molar-refractivity contribution in [1.29, 1.82) is 0 Å². The number of nitrogens with zero attached hydrogens (tertiary/aromatic N) is 1. The molecule has 2 aliphatic carbocycles. The van der Waals surface area contributed by atoms with E-state index >= 15 is 4.39 Å². The first-order chi connectivity index (χ1) is 17.2. The van der Waals surface area contributed by atoms with Crippen LogP contribution in [0.1, 0.15) is 80.4 Å². The van der Waals surface area contributed by atoms with Crippen molar-refractivity contribution in [2.24, 2.45) is 11.8 Å². The lowest BCUT2D eigenvalue weighted by molar-refractivity contribution is -0.640. The zero-order valence-corrected chi connectivity index (χ0v) is 20.9. The number of quaternary nitrogens is 1. The second-order valence-electron chi connectivity index (χ2n) is 11.7. The number of fused-ring (bicyclic) bond motifs is 2. The number of rotatable bonds is 3. The standard InChI is InChI=1S/C31H39FN2O/c32-27-15-7-13-24-14-8-17-31(29(24)27)21-33-20-26(31)30(35)34-18-16-25(22-9-3-1-4-10-22)19-28(34)23-11-5-2-6-12-23/h1,3-4,7,9-10,13,15,23,25-26,28,33H,2,5-6,8,11-12,14,16-21H2/p+1/t25-,26?,28+,31-/m1/s1. The van der Waals surface area contributed by atoms with Gasteiger partial charge in [0.2, 0.25) is 5.91 Å². The molecule has 6 rings (SSSR count). The van der Waals surface area contributed by atoms with E-state index in [0.717, 1.165) is 62.9 Å².